The van der Waals surface area contributed by atoms with Gasteiger partial charge in [-0.3, -0.25) is 0 Å². The molecule has 0 bridgehead atoms. The Morgan fingerprint density at radius 1 is 1.19 bits per heavy atom. The third-order valence-corrected chi connectivity index (χ3v) is 4.85. The molecule has 7 heteroatoms. The maximum atomic E-state index is 12.3. The molecule has 0 aliphatic heterocycles. The van der Waals surface area contributed by atoms with Crippen LogP contribution in [0.1, 0.15) is 29.8 Å². The molecule has 2 aromatic rings. The highest BCUT2D eigenvalue weighted by Crippen LogP contribution is 2.22. The van der Waals surface area contributed by atoms with Crippen molar-refractivity contribution in [1.29, 1.82) is 0 Å². The molecule has 114 valence electrons. The number of hydrogen-bond donors (Lipinski definition) is 2. The van der Waals surface area contributed by atoms with Gasteiger partial charge in [-0.2, -0.15) is 0 Å². The Kier molecular flexibility index (Phi) is 4.34. The van der Waals surface area contributed by atoms with E-state index in [-0.39, 0.29) is 16.8 Å². The van der Waals surface area contributed by atoms with Gasteiger partial charge in [0.25, 0.3) is 10.0 Å². The number of aryl methyl sites for hydroxylation is 1. The lowest BCUT2D eigenvalue weighted by Gasteiger charge is -2.11. The zero-order valence-electron chi connectivity index (χ0n) is 12.5. The third-order valence-electron chi connectivity index (χ3n) is 3.51. The van der Waals surface area contributed by atoms with E-state index in [2.05, 4.69) is 15.2 Å². The first kappa shape index (κ1) is 15.5. The fourth-order valence-corrected chi connectivity index (χ4v) is 2.84. The van der Waals surface area contributed by atoms with Crippen molar-refractivity contribution in [3.8, 4) is 0 Å². The van der Waals surface area contributed by atoms with Crippen LogP contribution in [-0.2, 0) is 10.0 Å². The number of benzene rings is 1. The quantitative estimate of drug-likeness (QED) is 0.886. The fourth-order valence-electron chi connectivity index (χ4n) is 1.79. The summed E-state index contributed by atoms with van der Waals surface area (Å²) in [6.45, 7) is 5.51. The van der Waals surface area contributed by atoms with E-state index in [0.717, 1.165) is 5.56 Å². The average Bonchev–Trinajstić information content (AvgIpc) is 2.78. The number of aromatic nitrogens is 1. The summed E-state index contributed by atoms with van der Waals surface area (Å²) in [4.78, 5) is 0.183. The van der Waals surface area contributed by atoms with E-state index in [0.29, 0.717) is 11.3 Å². The van der Waals surface area contributed by atoms with Crippen LogP contribution >= 0.6 is 0 Å². The summed E-state index contributed by atoms with van der Waals surface area (Å²) in [6.07, 6.45) is 0. The van der Waals surface area contributed by atoms with Crippen LogP contribution in [0.2, 0.25) is 0 Å². The van der Waals surface area contributed by atoms with Gasteiger partial charge in [-0.1, -0.05) is 17.3 Å². The molecule has 6 nitrogen and oxygen atoms in total. The van der Waals surface area contributed by atoms with E-state index in [9.17, 15) is 8.42 Å². The van der Waals surface area contributed by atoms with E-state index >= 15 is 0 Å². The standard InChI is InChI=1S/C14H19N3O3S/c1-9-10(2)16-20-14(9)17-21(18,19)13-7-5-12(6-8-13)11(3)15-4/h5-8,11,15,17H,1-4H3. The third kappa shape index (κ3) is 3.25. The molecule has 2 rings (SSSR count). The summed E-state index contributed by atoms with van der Waals surface area (Å²) in [5, 5.41) is 6.83. The molecule has 1 heterocycles. The molecule has 21 heavy (non-hydrogen) atoms. The zero-order valence-corrected chi connectivity index (χ0v) is 13.3. The van der Waals surface area contributed by atoms with Crippen LogP contribution in [-0.4, -0.2) is 20.6 Å². The molecule has 1 atom stereocenters. The van der Waals surface area contributed by atoms with Crippen molar-refractivity contribution in [2.45, 2.75) is 31.7 Å². The smallest absolute Gasteiger partial charge is 0.264 e. The Hall–Kier alpha value is -1.86. The van der Waals surface area contributed by atoms with Gasteiger partial charge in [0, 0.05) is 11.6 Å². The van der Waals surface area contributed by atoms with Crippen molar-refractivity contribution in [2.75, 3.05) is 11.8 Å². The summed E-state index contributed by atoms with van der Waals surface area (Å²) >= 11 is 0. The second-order valence-corrected chi connectivity index (χ2v) is 6.59. The van der Waals surface area contributed by atoms with Gasteiger partial charge in [0.05, 0.1) is 10.6 Å². The van der Waals surface area contributed by atoms with Crippen molar-refractivity contribution in [2.24, 2.45) is 0 Å². The first-order valence-electron chi connectivity index (χ1n) is 6.58. The Labute approximate surface area is 124 Å². The minimum Gasteiger partial charge on any atom is -0.337 e. The predicted molar refractivity (Wildman–Crippen MR) is 80.7 cm³/mol. The first-order chi connectivity index (χ1) is 9.85. The van der Waals surface area contributed by atoms with Crippen molar-refractivity contribution in [3.05, 3.63) is 41.1 Å². The summed E-state index contributed by atoms with van der Waals surface area (Å²) in [6, 6.07) is 6.88. The molecule has 0 radical (unpaired) electrons. The lowest BCUT2D eigenvalue weighted by Crippen LogP contribution is -2.15. The van der Waals surface area contributed by atoms with Gasteiger partial charge >= 0.3 is 0 Å². The zero-order chi connectivity index (χ0) is 15.6. The van der Waals surface area contributed by atoms with Gasteiger partial charge in [-0.25, -0.2) is 13.1 Å². The Morgan fingerprint density at radius 3 is 2.29 bits per heavy atom. The van der Waals surface area contributed by atoms with E-state index in [1.807, 2.05) is 14.0 Å². The van der Waals surface area contributed by atoms with E-state index in [1.165, 1.54) is 0 Å². The Bertz CT molecular complexity index is 720. The Balaban J connectivity index is 2.25. The number of hydrogen-bond acceptors (Lipinski definition) is 5. The number of nitrogens with zero attached hydrogens (tertiary/aromatic N) is 1. The molecule has 0 aliphatic rings. The van der Waals surface area contributed by atoms with Crippen molar-refractivity contribution in [3.63, 3.8) is 0 Å². The van der Waals surface area contributed by atoms with Gasteiger partial charge in [0.1, 0.15) is 0 Å². The number of rotatable bonds is 5. The van der Waals surface area contributed by atoms with E-state index in [1.54, 1.807) is 38.1 Å². The summed E-state index contributed by atoms with van der Waals surface area (Å²) < 4.78 is 32.0. The molecule has 1 unspecified atom stereocenters. The van der Waals surface area contributed by atoms with Gasteiger partial charge in [-0.15, -0.1) is 0 Å². The molecule has 0 spiro atoms. The van der Waals surface area contributed by atoms with Crippen LogP contribution in [0.15, 0.2) is 33.7 Å². The lowest BCUT2D eigenvalue weighted by atomic mass is 10.1. The number of anilines is 1. The molecule has 0 amide bonds. The molecule has 0 saturated carbocycles. The highest BCUT2D eigenvalue weighted by atomic mass is 32.2. The van der Waals surface area contributed by atoms with Crippen LogP contribution in [0.25, 0.3) is 0 Å². The van der Waals surface area contributed by atoms with Crippen LogP contribution < -0.4 is 10.0 Å². The first-order valence-corrected chi connectivity index (χ1v) is 8.06. The molecule has 0 saturated heterocycles. The maximum absolute atomic E-state index is 12.3. The van der Waals surface area contributed by atoms with E-state index in [4.69, 9.17) is 4.52 Å². The fraction of sp³-hybridized carbons (Fsp3) is 0.357. The highest BCUT2D eigenvalue weighted by Gasteiger charge is 2.19. The summed E-state index contributed by atoms with van der Waals surface area (Å²) in [5.74, 6) is 0.153. The predicted octanol–water partition coefficient (Wildman–Crippen LogP) is 2.37. The second kappa shape index (κ2) is 5.87. The normalized spacial score (nSPS) is 13.1. The Morgan fingerprint density at radius 2 is 1.81 bits per heavy atom. The second-order valence-electron chi connectivity index (χ2n) is 4.91. The maximum Gasteiger partial charge on any atom is 0.264 e. The highest BCUT2D eigenvalue weighted by molar-refractivity contribution is 7.92. The molecular weight excluding hydrogens is 290 g/mol. The van der Waals surface area contributed by atoms with Crippen LogP contribution in [0.4, 0.5) is 5.88 Å². The van der Waals surface area contributed by atoms with Crippen LogP contribution in [0.5, 0.6) is 0 Å². The largest absolute Gasteiger partial charge is 0.337 e. The van der Waals surface area contributed by atoms with Gasteiger partial charge in [-0.05, 0) is 45.5 Å². The molecule has 0 aliphatic carbocycles. The topological polar surface area (TPSA) is 84.2 Å². The van der Waals surface area contributed by atoms with Gasteiger partial charge in [0.15, 0.2) is 0 Å². The van der Waals surface area contributed by atoms with Crippen molar-refractivity contribution in [1.82, 2.24) is 10.5 Å². The summed E-state index contributed by atoms with van der Waals surface area (Å²) in [5.41, 5.74) is 2.35. The molecule has 1 aromatic carbocycles. The summed E-state index contributed by atoms with van der Waals surface area (Å²) in [7, 11) is -1.82. The van der Waals surface area contributed by atoms with Crippen molar-refractivity contribution < 1.29 is 12.9 Å². The van der Waals surface area contributed by atoms with Crippen molar-refractivity contribution >= 4 is 15.9 Å². The van der Waals surface area contributed by atoms with Gasteiger partial charge in [0.2, 0.25) is 5.88 Å². The molecular formula is C14H19N3O3S. The van der Waals surface area contributed by atoms with Crippen LogP contribution in [0, 0.1) is 13.8 Å². The van der Waals surface area contributed by atoms with Gasteiger partial charge < -0.3 is 9.84 Å². The number of sulfonamides is 1. The molecule has 1 aromatic heterocycles. The molecule has 2 N–H and O–H groups in total. The molecule has 0 fully saturated rings. The number of nitrogens with one attached hydrogen (secondary N) is 2. The minimum atomic E-state index is -3.68. The monoisotopic (exact) mass is 309 g/mol. The van der Waals surface area contributed by atoms with Crippen LogP contribution in [0.3, 0.4) is 0 Å². The lowest BCUT2D eigenvalue weighted by molar-refractivity contribution is 0.430. The van der Waals surface area contributed by atoms with E-state index < -0.39 is 10.0 Å². The minimum absolute atomic E-state index is 0.153. The SMILES string of the molecule is CNC(C)c1ccc(S(=O)(=O)Nc2onc(C)c2C)cc1. The average molecular weight is 309 g/mol.